The van der Waals surface area contributed by atoms with E-state index >= 15 is 0 Å². The Morgan fingerprint density at radius 1 is 1.11 bits per heavy atom. The van der Waals surface area contributed by atoms with Crippen molar-refractivity contribution in [3.8, 4) is 0 Å². The molecule has 1 aromatic rings. The first kappa shape index (κ1) is 20.1. The van der Waals surface area contributed by atoms with Gasteiger partial charge in [-0.1, -0.05) is 0 Å². The smallest absolute Gasteiger partial charge is 0.237 e. The molecule has 1 aromatic carbocycles. The molecular formula is C20H27F3N2O2. The van der Waals surface area contributed by atoms with E-state index in [1.54, 1.807) is 0 Å². The molecule has 1 saturated heterocycles. The topological polar surface area (TPSA) is 64.4 Å². The number of ether oxygens (including phenoxy) is 1. The number of rotatable bonds is 6. The number of hydrogen-bond donors (Lipinski definition) is 2. The van der Waals surface area contributed by atoms with E-state index in [2.05, 4.69) is 5.32 Å². The first-order valence-electron chi connectivity index (χ1n) is 9.68. The fourth-order valence-electron chi connectivity index (χ4n) is 4.43. The van der Waals surface area contributed by atoms with Crippen LogP contribution in [0.2, 0.25) is 0 Å². The quantitative estimate of drug-likeness (QED) is 0.790. The highest BCUT2D eigenvalue weighted by atomic mass is 19.1. The molecule has 0 radical (unpaired) electrons. The predicted molar refractivity (Wildman–Crippen MR) is 95.6 cm³/mol. The SMILES string of the molecule is NC(=O)C1(NCC[C@H]2CC[C@@H](c3c(F)cc(F)cc3F)CC2)CCOCC1. The first-order chi connectivity index (χ1) is 12.9. The van der Waals surface area contributed by atoms with E-state index in [4.69, 9.17) is 10.5 Å². The molecule has 4 nitrogen and oxygen atoms in total. The molecule has 1 aliphatic carbocycles. The second-order valence-electron chi connectivity index (χ2n) is 7.77. The average molecular weight is 384 g/mol. The maximum absolute atomic E-state index is 14.0. The number of nitrogens with one attached hydrogen (secondary N) is 1. The van der Waals surface area contributed by atoms with Crippen LogP contribution in [-0.4, -0.2) is 31.2 Å². The lowest BCUT2D eigenvalue weighted by atomic mass is 9.77. The van der Waals surface area contributed by atoms with Gasteiger partial charge >= 0.3 is 0 Å². The van der Waals surface area contributed by atoms with Gasteiger partial charge in [0.25, 0.3) is 0 Å². The maximum atomic E-state index is 14.0. The molecule has 1 heterocycles. The van der Waals surface area contributed by atoms with E-state index in [1.807, 2.05) is 0 Å². The third-order valence-electron chi connectivity index (χ3n) is 6.13. The highest BCUT2D eigenvalue weighted by Crippen LogP contribution is 2.39. The van der Waals surface area contributed by atoms with Gasteiger partial charge in [0.1, 0.15) is 23.0 Å². The third kappa shape index (κ3) is 4.63. The lowest BCUT2D eigenvalue weighted by Gasteiger charge is -2.36. The summed E-state index contributed by atoms with van der Waals surface area (Å²) in [5.41, 5.74) is 4.92. The lowest BCUT2D eigenvalue weighted by Crippen LogP contribution is -2.58. The van der Waals surface area contributed by atoms with E-state index in [-0.39, 0.29) is 17.4 Å². The van der Waals surface area contributed by atoms with Gasteiger partial charge in [0, 0.05) is 30.9 Å². The molecule has 7 heteroatoms. The van der Waals surface area contributed by atoms with Crippen LogP contribution in [0.5, 0.6) is 0 Å². The Morgan fingerprint density at radius 3 is 2.26 bits per heavy atom. The van der Waals surface area contributed by atoms with Crippen molar-refractivity contribution < 1.29 is 22.7 Å². The minimum atomic E-state index is -0.884. The lowest BCUT2D eigenvalue weighted by molar-refractivity contribution is -0.128. The van der Waals surface area contributed by atoms with Crippen molar-refractivity contribution in [2.24, 2.45) is 11.7 Å². The van der Waals surface area contributed by atoms with Crippen molar-refractivity contribution in [3.05, 3.63) is 35.1 Å². The van der Waals surface area contributed by atoms with Gasteiger partial charge in [-0.3, -0.25) is 4.79 Å². The Morgan fingerprint density at radius 2 is 1.70 bits per heavy atom. The molecule has 3 rings (SSSR count). The standard InChI is InChI=1S/C20H27F3N2O2/c21-15-11-16(22)18(17(23)12-15)14-3-1-13(2-4-14)5-8-25-20(19(24)26)6-9-27-10-7-20/h11-14,25H,1-10H2,(H2,24,26)/t13-,14+. The van der Waals surface area contributed by atoms with Crippen LogP contribution in [0.15, 0.2) is 12.1 Å². The van der Waals surface area contributed by atoms with Crippen molar-refractivity contribution in [1.29, 1.82) is 0 Å². The zero-order chi connectivity index (χ0) is 19.4. The zero-order valence-corrected chi connectivity index (χ0v) is 15.4. The summed E-state index contributed by atoms with van der Waals surface area (Å²) in [7, 11) is 0. The molecule has 0 aromatic heterocycles. The van der Waals surface area contributed by atoms with Gasteiger partial charge in [-0.2, -0.15) is 0 Å². The highest BCUT2D eigenvalue weighted by molar-refractivity contribution is 5.84. The summed E-state index contributed by atoms with van der Waals surface area (Å²) in [4.78, 5) is 11.9. The summed E-state index contributed by atoms with van der Waals surface area (Å²) < 4.78 is 46.4. The first-order valence-corrected chi connectivity index (χ1v) is 9.68. The van der Waals surface area contributed by atoms with Crippen LogP contribution in [0, 0.1) is 23.4 Å². The van der Waals surface area contributed by atoms with Gasteiger partial charge in [0.2, 0.25) is 5.91 Å². The van der Waals surface area contributed by atoms with Crippen LogP contribution in [0.4, 0.5) is 13.2 Å². The molecule has 3 N–H and O–H groups in total. The Labute approximate surface area is 157 Å². The van der Waals surface area contributed by atoms with Gasteiger partial charge in [-0.25, -0.2) is 13.2 Å². The Kier molecular flexibility index (Phi) is 6.42. The van der Waals surface area contributed by atoms with Gasteiger partial charge in [0.15, 0.2) is 0 Å². The molecule has 2 aliphatic rings. The number of carbonyl (C=O) groups excluding carboxylic acids is 1. The normalized spacial score (nSPS) is 25.3. The number of benzene rings is 1. The van der Waals surface area contributed by atoms with Gasteiger partial charge in [-0.15, -0.1) is 0 Å². The second kappa shape index (κ2) is 8.61. The molecule has 1 saturated carbocycles. The van der Waals surface area contributed by atoms with Crippen molar-refractivity contribution in [2.75, 3.05) is 19.8 Å². The minimum Gasteiger partial charge on any atom is -0.381 e. The molecule has 27 heavy (non-hydrogen) atoms. The molecule has 0 spiro atoms. The van der Waals surface area contributed by atoms with Gasteiger partial charge in [-0.05, 0) is 63.3 Å². The number of halogens is 3. The second-order valence-corrected chi connectivity index (χ2v) is 7.77. The number of nitrogens with two attached hydrogens (primary N) is 1. The van der Waals surface area contributed by atoms with E-state index in [1.165, 1.54) is 0 Å². The fraction of sp³-hybridized carbons (Fsp3) is 0.650. The van der Waals surface area contributed by atoms with E-state index in [9.17, 15) is 18.0 Å². The van der Waals surface area contributed by atoms with Crippen LogP contribution in [0.1, 0.15) is 56.4 Å². The Hall–Kier alpha value is -1.60. The molecule has 0 atom stereocenters. The van der Waals surface area contributed by atoms with Crippen LogP contribution in [0.3, 0.4) is 0 Å². The third-order valence-corrected chi connectivity index (χ3v) is 6.13. The fourth-order valence-corrected chi connectivity index (χ4v) is 4.43. The number of hydrogen-bond acceptors (Lipinski definition) is 3. The average Bonchev–Trinajstić information content (AvgIpc) is 2.63. The monoisotopic (exact) mass is 384 g/mol. The van der Waals surface area contributed by atoms with Gasteiger partial charge in [0.05, 0.1) is 0 Å². The van der Waals surface area contributed by atoms with E-state index in [0.29, 0.717) is 51.4 Å². The predicted octanol–water partition coefficient (Wildman–Crippen LogP) is 3.39. The summed E-state index contributed by atoms with van der Waals surface area (Å²) in [5, 5.41) is 3.33. The summed E-state index contributed by atoms with van der Waals surface area (Å²) in [6, 6.07) is 1.51. The highest BCUT2D eigenvalue weighted by Gasteiger charge is 2.38. The van der Waals surface area contributed by atoms with E-state index in [0.717, 1.165) is 31.4 Å². The molecule has 1 amide bonds. The Balaban J connectivity index is 1.49. The van der Waals surface area contributed by atoms with Crippen molar-refractivity contribution in [2.45, 2.75) is 56.4 Å². The molecule has 150 valence electrons. The summed E-state index contributed by atoms with van der Waals surface area (Å²) in [6.45, 7) is 1.73. The summed E-state index contributed by atoms with van der Waals surface area (Å²) in [5.74, 6) is -2.57. The van der Waals surface area contributed by atoms with E-state index < -0.39 is 23.0 Å². The van der Waals surface area contributed by atoms with Crippen LogP contribution < -0.4 is 11.1 Å². The summed E-state index contributed by atoms with van der Waals surface area (Å²) >= 11 is 0. The number of carbonyl (C=O) groups is 1. The van der Waals surface area contributed by atoms with Crippen molar-refractivity contribution >= 4 is 5.91 Å². The van der Waals surface area contributed by atoms with Crippen LogP contribution in [-0.2, 0) is 9.53 Å². The largest absolute Gasteiger partial charge is 0.381 e. The maximum Gasteiger partial charge on any atom is 0.237 e. The Bertz CT molecular complexity index is 646. The number of primary amides is 1. The summed E-state index contributed by atoms with van der Waals surface area (Å²) in [6.07, 6.45) is 5.12. The zero-order valence-electron chi connectivity index (χ0n) is 15.4. The molecule has 1 aliphatic heterocycles. The molecule has 0 unspecified atom stereocenters. The van der Waals surface area contributed by atoms with Gasteiger partial charge < -0.3 is 15.8 Å². The van der Waals surface area contributed by atoms with Crippen LogP contribution in [0.25, 0.3) is 0 Å². The molecular weight excluding hydrogens is 357 g/mol. The minimum absolute atomic E-state index is 0.0165. The van der Waals surface area contributed by atoms with Crippen LogP contribution >= 0.6 is 0 Å². The van der Waals surface area contributed by atoms with Crippen molar-refractivity contribution in [3.63, 3.8) is 0 Å². The number of amides is 1. The van der Waals surface area contributed by atoms with Crippen molar-refractivity contribution in [1.82, 2.24) is 5.32 Å². The molecule has 0 bridgehead atoms. The molecule has 2 fully saturated rings.